The van der Waals surface area contributed by atoms with Gasteiger partial charge in [-0.25, -0.2) is 4.79 Å². The van der Waals surface area contributed by atoms with Crippen molar-refractivity contribution in [1.82, 2.24) is 0 Å². The third kappa shape index (κ3) is 5.03. The van der Waals surface area contributed by atoms with Crippen LogP contribution in [0.25, 0.3) is 0 Å². The van der Waals surface area contributed by atoms with E-state index in [1.165, 1.54) is 24.8 Å². The highest BCUT2D eigenvalue weighted by Gasteiger charge is 2.67. The second kappa shape index (κ2) is 10.6. The topological polar surface area (TPSA) is 43.4 Å². The molecule has 3 nitrogen and oxygen atoms in total. The fraction of sp³-hybridized carbons (Fsp3) is 0.744. The Balaban J connectivity index is 1.48. The largest absolute Gasteiger partial charge is 0.458 e. The Kier molecular flexibility index (Phi) is 7.97. The van der Waals surface area contributed by atoms with Crippen molar-refractivity contribution in [3.05, 3.63) is 47.5 Å². The number of carbonyl (C=O) groups is 2. The zero-order valence-corrected chi connectivity index (χ0v) is 28.3. The quantitative estimate of drug-likeness (QED) is 0.318. The van der Waals surface area contributed by atoms with Gasteiger partial charge in [0.15, 0.2) is 5.78 Å². The molecule has 0 aromatic heterocycles. The summed E-state index contributed by atoms with van der Waals surface area (Å²) in [6, 6.07) is 9.48. The maximum atomic E-state index is 13.9. The zero-order valence-electron chi connectivity index (χ0n) is 28.3. The minimum absolute atomic E-state index is 0.00812. The normalized spacial score (nSPS) is 39.0. The Morgan fingerprint density at radius 2 is 1.62 bits per heavy atom. The van der Waals surface area contributed by atoms with Crippen molar-refractivity contribution in [1.29, 1.82) is 0 Å². The molecule has 4 aliphatic carbocycles. The summed E-state index contributed by atoms with van der Waals surface area (Å²) in [6.45, 7) is 23.8. The molecule has 0 aliphatic heterocycles. The van der Waals surface area contributed by atoms with Gasteiger partial charge in [0.1, 0.15) is 6.10 Å². The predicted molar refractivity (Wildman–Crippen MR) is 172 cm³/mol. The van der Waals surface area contributed by atoms with Gasteiger partial charge >= 0.3 is 5.97 Å². The summed E-state index contributed by atoms with van der Waals surface area (Å²) >= 11 is 0. The van der Waals surface area contributed by atoms with Crippen molar-refractivity contribution >= 4 is 11.8 Å². The molecule has 0 bridgehead atoms. The Morgan fingerprint density at radius 3 is 2.26 bits per heavy atom. The van der Waals surface area contributed by atoms with Crippen molar-refractivity contribution in [2.45, 2.75) is 127 Å². The van der Waals surface area contributed by atoms with Gasteiger partial charge in [0.2, 0.25) is 0 Å². The molecular weight excluding hydrogens is 516 g/mol. The Morgan fingerprint density at radius 1 is 0.952 bits per heavy atom. The van der Waals surface area contributed by atoms with Crippen LogP contribution in [-0.2, 0) is 9.53 Å². The third-order valence-corrected chi connectivity index (χ3v) is 13.6. The summed E-state index contributed by atoms with van der Waals surface area (Å²) in [4.78, 5) is 27.3. The summed E-state index contributed by atoms with van der Waals surface area (Å²) < 4.78 is 6.49. The number of fused-ring (bicyclic) bond motifs is 5. The van der Waals surface area contributed by atoms with E-state index < -0.39 is 0 Å². The lowest BCUT2D eigenvalue weighted by atomic mass is 9.42. The molecule has 1 unspecified atom stereocenters. The van der Waals surface area contributed by atoms with Crippen LogP contribution in [0.2, 0.25) is 0 Å². The molecule has 3 heteroatoms. The first kappa shape index (κ1) is 31.5. The van der Waals surface area contributed by atoms with E-state index in [9.17, 15) is 9.59 Å². The maximum absolute atomic E-state index is 13.9. The summed E-state index contributed by atoms with van der Waals surface area (Å²) in [5.74, 6) is 2.55. The van der Waals surface area contributed by atoms with E-state index in [2.05, 4.69) is 75.3 Å². The minimum Gasteiger partial charge on any atom is -0.458 e. The molecule has 3 saturated carbocycles. The van der Waals surface area contributed by atoms with Crippen molar-refractivity contribution in [2.75, 3.05) is 0 Å². The standard InChI is InChI=1S/C39H58O3/c1-25-22-30-31(40)23-29-28(37(30,8)24-26(25)2)16-20-39(10)32(17-21-38(29,39)9)36(6,7)33(18-19-35(3,4)5)42-34(41)27-14-12-11-13-15-27/h11-15,23,25-26,28,30,32-33H,16-22,24H2,1-10H3/t25-,26+,28?,30-,32-,33-,37-,38+,39-/m1/s1. The summed E-state index contributed by atoms with van der Waals surface area (Å²) in [5.41, 5.74) is 2.17. The highest BCUT2D eigenvalue weighted by Crippen LogP contribution is 2.73. The molecule has 0 spiro atoms. The molecule has 9 atom stereocenters. The maximum Gasteiger partial charge on any atom is 0.338 e. The van der Waals surface area contributed by atoms with Gasteiger partial charge < -0.3 is 4.74 Å². The first-order chi connectivity index (χ1) is 19.4. The predicted octanol–water partition coefficient (Wildman–Crippen LogP) is 10.1. The average molecular weight is 575 g/mol. The van der Waals surface area contributed by atoms with Crippen molar-refractivity contribution < 1.29 is 14.3 Å². The molecular formula is C39H58O3. The van der Waals surface area contributed by atoms with E-state index in [-0.39, 0.29) is 45.1 Å². The van der Waals surface area contributed by atoms with Gasteiger partial charge in [0, 0.05) is 11.3 Å². The van der Waals surface area contributed by atoms with Gasteiger partial charge in [-0.2, -0.15) is 0 Å². The number of allylic oxidation sites excluding steroid dienone is 2. The van der Waals surface area contributed by atoms with E-state index in [0.29, 0.717) is 35.0 Å². The van der Waals surface area contributed by atoms with Crippen LogP contribution in [0, 0.1) is 56.7 Å². The van der Waals surface area contributed by atoms with E-state index in [1.807, 2.05) is 30.3 Å². The summed E-state index contributed by atoms with van der Waals surface area (Å²) in [5, 5.41) is 0. The molecule has 0 saturated heterocycles. The smallest absolute Gasteiger partial charge is 0.338 e. The molecule has 3 fully saturated rings. The molecule has 42 heavy (non-hydrogen) atoms. The lowest BCUT2D eigenvalue weighted by molar-refractivity contribution is -0.135. The van der Waals surface area contributed by atoms with Gasteiger partial charge in [-0.05, 0) is 115 Å². The van der Waals surface area contributed by atoms with Crippen LogP contribution in [0.4, 0.5) is 0 Å². The molecule has 5 rings (SSSR count). The van der Waals surface area contributed by atoms with E-state index in [4.69, 9.17) is 4.74 Å². The van der Waals surface area contributed by atoms with Gasteiger partial charge in [-0.15, -0.1) is 0 Å². The second-order valence-corrected chi connectivity index (χ2v) is 17.6. The number of esters is 1. The van der Waals surface area contributed by atoms with E-state index >= 15 is 0 Å². The van der Waals surface area contributed by atoms with Gasteiger partial charge in [0.25, 0.3) is 0 Å². The molecule has 4 aliphatic rings. The molecule has 0 radical (unpaired) electrons. The number of rotatable bonds is 6. The Labute approximate surface area is 256 Å². The minimum atomic E-state index is -0.211. The van der Waals surface area contributed by atoms with Crippen molar-refractivity contribution in [3.8, 4) is 0 Å². The van der Waals surface area contributed by atoms with Crippen LogP contribution >= 0.6 is 0 Å². The number of ether oxygens (including phenoxy) is 1. The highest BCUT2D eigenvalue weighted by molar-refractivity contribution is 5.94. The van der Waals surface area contributed by atoms with Crippen LogP contribution in [0.3, 0.4) is 0 Å². The van der Waals surface area contributed by atoms with Gasteiger partial charge in [0.05, 0.1) is 5.56 Å². The van der Waals surface area contributed by atoms with Crippen LogP contribution in [0.15, 0.2) is 42.0 Å². The van der Waals surface area contributed by atoms with Crippen LogP contribution in [-0.4, -0.2) is 17.9 Å². The Hall–Kier alpha value is -1.90. The SMILES string of the molecule is C[C@@H]1C[C@@H]2C(=O)C=C3C(CC[C@]4(C)[C@@H](C(C)(C)[C@@H](CCC(C)(C)C)OC(=O)c5ccccc5)CC[C@@]34C)[C@@]2(C)C[C@@H]1C. The number of carbonyl (C=O) groups excluding carboxylic acids is 2. The number of hydrogen-bond donors (Lipinski definition) is 0. The first-order valence-electron chi connectivity index (χ1n) is 17.0. The zero-order chi connectivity index (χ0) is 30.9. The molecule has 1 aromatic carbocycles. The first-order valence-corrected chi connectivity index (χ1v) is 17.0. The summed E-state index contributed by atoms with van der Waals surface area (Å²) in [7, 11) is 0. The lowest BCUT2D eigenvalue weighted by Crippen LogP contribution is -2.57. The number of hydrogen-bond acceptors (Lipinski definition) is 3. The van der Waals surface area contributed by atoms with E-state index in [1.54, 1.807) is 0 Å². The molecule has 232 valence electrons. The van der Waals surface area contributed by atoms with Gasteiger partial charge in [-0.3, -0.25) is 4.79 Å². The monoisotopic (exact) mass is 574 g/mol. The van der Waals surface area contributed by atoms with E-state index in [0.717, 1.165) is 32.1 Å². The fourth-order valence-electron chi connectivity index (χ4n) is 10.6. The molecule has 0 heterocycles. The van der Waals surface area contributed by atoms with Crippen LogP contribution in [0.1, 0.15) is 131 Å². The van der Waals surface area contributed by atoms with Crippen LogP contribution in [0.5, 0.6) is 0 Å². The molecule has 0 amide bonds. The number of benzene rings is 1. The molecule has 1 aromatic rings. The highest BCUT2D eigenvalue weighted by atomic mass is 16.5. The van der Waals surface area contributed by atoms with Crippen molar-refractivity contribution in [3.63, 3.8) is 0 Å². The Bertz CT molecular complexity index is 1220. The van der Waals surface area contributed by atoms with Crippen molar-refractivity contribution in [2.24, 2.45) is 56.7 Å². The summed E-state index contributed by atoms with van der Waals surface area (Å²) in [6.07, 6.45) is 10.6. The average Bonchev–Trinajstić information content (AvgIpc) is 3.20. The molecule has 0 N–H and O–H groups in total. The third-order valence-electron chi connectivity index (χ3n) is 13.6. The van der Waals surface area contributed by atoms with Gasteiger partial charge in [-0.1, -0.05) is 93.0 Å². The van der Waals surface area contributed by atoms with Crippen LogP contribution < -0.4 is 0 Å². The second-order valence-electron chi connectivity index (χ2n) is 17.6. The fourth-order valence-corrected chi connectivity index (χ4v) is 10.6. The lowest BCUT2D eigenvalue weighted by Gasteiger charge is -2.62. The number of ketones is 1.